The molecule has 0 radical (unpaired) electrons. The van der Waals surface area contributed by atoms with Crippen LogP contribution < -0.4 is 4.74 Å². The first-order chi connectivity index (χ1) is 10.6. The van der Waals surface area contributed by atoms with Crippen molar-refractivity contribution in [2.45, 2.75) is 18.4 Å². The van der Waals surface area contributed by atoms with E-state index in [-0.39, 0.29) is 17.0 Å². The maximum Gasteiger partial charge on any atom is 0.573 e. The van der Waals surface area contributed by atoms with Gasteiger partial charge in [-0.25, -0.2) is 0 Å². The van der Waals surface area contributed by atoms with Crippen molar-refractivity contribution < 1.29 is 31.1 Å². The average molecular weight is 355 g/mol. The van der Waals surface area contributed by atoms with Crippen molar-refractivity contribution in [1.82, 2.24) is 0 Å². The van der Waals surface area contributed by atoms with E-state index in [9.17, 15) is 26.3 Å². The summed E-state index contributed by atoms with van der Waals surface area (Å²) in [4.78, 5) is 0. The lowest BCUT2D eigenvalue weighted by atomic mass is 9.99. The molecule has 2 aromatic carbocycles. The third-order valence-electron chi connectivity index (χ3n) is 2.98. The van der Waals surface area contributed by atoms with Gasteiger partial charge in [0.2, 0.25) is 0 Å². The monoisotopic (exact) mass is 354 g/mol. The van der Waals surface area contributed by atoms with Gasteiger partial charge in [0.05, 0.1) is 5.56 Å². The molecule has 1 nitrogen and oxygen atoms in total. The molecule has 0 fully saturated rings. The minimum Gasteiger partial charge on any atom is -0.406 e. The van der Waals surface area contributed by atoms with Gasteiger partial charge in [0.1, 0.15) is 5.75 Å². The van der Waals surface area contributed by atoms with Gasteiger partial charge in [-0.15, -0.1) is 24.8 Å². The molecule has 0 aliphatic carbocycles. The molecule has 0 aromatic heterocycles. The zero-order valence-electron chi connectivity index (χ0n) is 11.3. The number of halogens is 7. The van der Waals surface area contributed by atoms with Crippen LogP contribution in [0.1, 0.15) is 11.1 Å². The van der Waals surface area contributed by atoms with E-state index in [1.54, 1.807) is 0 Å². The molecular formula is C15H9ClF6O. The Labute approximate surface area is 132 Å². The zero-order valence-corrected chi connectivity index (χ0v) is 12.1. The summed E-state index contributed by atoms with van der Waals surface area (Å²) in [5.74, 6) is -0.748. The molecule has 8 heteroatoms. The Balaban J connectivity index is 2.35. The molecule has 2 rings (SSSR count). The van der Waals surface area contributed by atoms with Gasteiger partial charge in [-0.1, -0.05) is 24.3 Å². The second kappa shape index (κ2) is 6.31. The largest absolute Gasteiger partial charge is 0.573 e. The molecule has 0 saturated carbocycles. The third-order valence-corrected chi connectivity index (χ3v) is 3.27. The lowest BCUT2D eigenvalue weighted by molar-refractivity contribution is -0.274. The van der Waals surface area contributed by atoms with E-state index < -0.39 is 23.9 Å². The smallest absolute Gasteiger partial charge is 0.406 e. The molecule has 0 aliphatic heterocycles. The first-order valence-corrected chi connectivity index (χ1v) is 6.76. The van der Waals surface area contributed by atoms with E-state index in [4.69, 9.17) is 11.6 Å². The van der Waals surface area contributed by atoms with Crippen LogP contribution in [0.3, 0.4) is 0 Å². The Hall–Kier alpha value is -1.89. The van der Waals surface area contributed by atoms with E-state index in [1.807, 2.05) is 0 Å². The number of ether oxygens (including phenoxy) is 1. The van der Waals surface area contributed by atoms with Crippen LogP contribution in [0.15, 0.2) is 42.5 Å². The Kier molecular flexibility index (Phi) is 4.79. The van der Waals surface area contributed by atoms with Crippen LogP contribution in [0.2, 0.25) is 0 Å². The van der Waals surface area contributed by atoms with Crippen molar-refractivity contribution in [2.75, 3.05) is 0 Å². The third kappa shape index (κ3) is 4.54. The molecule has 0 atom stereocenters. The highest BCUT2D eigenvalue weighted by Gasteiger charge is 2.33. The van der Waals surface area contributed by atoms with Gasteiger partial charge in [0, 0.05) is 5.88 Å². The molecule has 124 valence electrons. The van der Waals surface area contributed by atoms with E-state index in [0.29, 0.717) is 5.56 Å². The van der Waals surface area contributed by atoms with Crippen molar-refractivity contribution in [3.05, 3.63) is 53.6 Å². The summed E-state index contributed by atoms with van der Waals surface area (Å²) in [5.41, 5.74) is -0.406. The summed E-state index contributed by atoms with van der Waals surface area (Å²) in [5, 5.41) is 0. The van der Waals surface area contributed by atoms with Gasteiger partial charge in [-0.05, 0) is 34.9 Å². The minimum absolute atomic E-state index is 0.0695. The Morgan fingerprint density at radius 3 is 1.87 bits per heavy atom. The normalized spacial score (nSPS) is 12.3. The fraction of sp³-hybridized carbons (Fsp3) is 0.200. The van der Waals surface area contributed by atoms with E-state index in [0.717, 1.165) is 18.2 Å². The highest BCUT2D eigenvalue weighted by molar-refractivity contribution is 6.17. The van der Waals surface area contributed by atoms with Crippen LogP contribution in [0.25, 0.3) is 11.1 Å². The predicted molar refractivity (Wildman–Crippen MR) is 73.1 cm³/mol. The molecule has 23 heavy (non-hydrogen) atoms. The van der Waals surface area contributed by atoms with Crippen LogP contribution >= 0.6 is 11.6 Å². The molecule has 0 spiro atoms. The molecule has 0 bridgehead atoms. The highest BCUT2D eigenvalue weighted by Crippen LogP contribution is 2.36. The van der Waals surface area contributed by atoms with Crippen LogP contribution in [-0.2, 0) is 12.1 Å². The summed E-state index contributed by atoms with van der Waals surface area (Å²) in [6, 6.07) is 8.14. The van der Waals surface area contributed by atoms with Crippen LogP contribution in [0.4, 0.5) is 26.3 Å². The Bertz CT molecular complexity index is 676. The highest BCUT2D eigenvalue weighted by atomic mass is 35.5. The quantitative estimate of drug-likeness (QED) is 0.484. The van der Waals surface area contributed by atoms with Gasteiger partial charge in [0.25, 0.3) is 0 Å². The zero-order chi connectivity index (χ0) is 17.3. The van der Waals surface area contributed by atoms with Crippen LogP contribution in [-0.4, -0.2) is 6.36 Å². The number of rotatable bonds is 3. The molecule has 0 unspecified atom stereocenters. The standard InChI is InChI=1S/C15H9ClF6O/c16-8-11-2-1-10(7-13(11)14(17,18)19)9-3-5-12(6-4-9)23-15(20,21)22/h1-7H,8H2. The lowest BCUT2D eigenvalue weighted by Gasteiger charge is -2.14. The van der Waals surface area contributed by atoms with Crippen LogP contribution in [0, 0.1) is 0 Å². The van der Waals surface area contributed by atoms with Gasteiger partial charge >= 0.3 is 12.5 Å². The molecule has 0 heterocycles. The molecule has 0 amide bonds. The maximum absolute atomic E-state index is 13.0. The topological polar surface area (TPSA) is 9.23 Å². The number of hydrogen-bond donors (Lipinski definition) is 0. The SMILES string of the molecule is FC(F)(F)Oc1ccc(-c2ccc(CCl)c(C(F)(F)F)c2)cc1. The number of hydrogen-bond acceptors (Lipinski definition) is 1. The molecular weight excluding hydrogens is 346 g/mol. The van der Waals surface area contributed by atoms with Crippen molar-refractivity contribution in [3.63, 3.8) is 0 Å². The van der Waals surface area contributed by atoms with Crippen molar-refractivity contribution in [2.24, 2.45) is 0 Å². The number of alkyl halides is 7. The maximum atomic E-state index is 13.0. The molecule has 0 saturated heterocycles. The van der Waals surface area contributed by atoms with Gasteiger partial charge < -0.3 is 4.74 Å². The fourth-order valence-electron chi connectivity index (χ4n) is 1.99. The van der Waals surface area contributed by atoms with Gasteiger partial charge in [0.15, 0.2) is 0 Å². The first-order valence-electron chi connectivity index (χ1n) is 6.22. The van der Waals surface area contributed by atoms with Gasteiger partial charge in [-0.3, -0.25) is 0 Å². The summed E-state index contributed by atoms with van der Waals surface area (Å²) in [6.07, 6.45) is -9.40. The van der Waals surface area contributed by atoms with Crippen LogP contribution in [0.5, 0.6) is 5.75 Å². The van der Waals surface area contributed by atoms with Crippen molar-refractivity contribution in [1.29, 1.82) is 0 Å². The average Bonchev–Trinajstić information content (AvgIpc) is 2.45. The molecule has 0 aliphatic rings. The first kappa shape index (κ1) is 17.5. The fourth-order valence-corrected chi connectivity index (χ4v) is 2.22. The molecule has 2 aromatic rings. The summed E-state index contributed by atoms with van der Waals surface area (Å²) in [7, 11) is 0. The predicted octanol–water partition coefficient (Wildman–Crippen LogP) is 6.01. The van der Waals surface area contributed by atoms with E-state index >= 15 is 0 Å². The summed E-state index contributed by atoms with van der Waals surface area (Å²) >= 11 is 5.50. The molecule has 0 N–H and O–H groups in total. The second-order valence-electron chi connectivity index (χ2n) is 4.58. The summed E-state index contributed by atoms with van der Waals surface area (Å²) < 4.78 is 78.9. The van der Waals surface area contributed by atoms with E-state index in [1.165, 1.54) is 24.3 Å². The van der Waals surface area contributed by atoms with E-state index in [2.05, 4.69) is 4.74 Å². The summed E-state index contributed by atoms with van der Waals surface area (Å²) in [6.45, 7) is 0. The number of benzene rings is 2. The van der Waals surface area contributed by atoms with Crippen molar-refractivity contribution in [3.8, 4) is 16.9 Å². The lowest BCUT2D eigenvalue weighted by Crippen LogP contribution is -2.16. The van der Waals surface area contributed by atoms with Crippen molar-refractivity contribution >= 4 is 11.6 Å². The Morgan fingerprint density at radius 1 is 0.826 bits per heavy atom. The minimum atomic E-state index is -4.83. The van der Waals surface area contributed by atoms with Gasteiger partial charge in [-0.2, -0.15) is 13.2 Å². The second-order valence-corrected chi connectivity index (χ2v) is 4.84. The Morgan fingerprint density at radius 2 is 1.39 bits per heavy atom.